The summed E-state index contributed by atoms with van der Waals surface area (Å²) >= 11 is 0. The zero-order chi connectivity index (χ0) is 9.56. The molecule has 0 aliphatic carbocycles. The first kappa shape index (κ1) is 11.2. The van der Waals surface area contributed by atoms with E-state index in [1.807, 2.05) is 13.8 Å². The fourth-order valence-electron chi connectivity index (χ4n) is 0.906. The zero-order valence-electron chi connectivity index (χ0n) is 8.02. The summed E-state index contributed by atoms with van der Waals surface area (Å²) in [5.41, 5.74) is 0.956. The number of nitrogens with one attached hydrogen (secondary N) is 1. The molecule has 1 unspecified atom stereocenters. The van der Waals surface area contributed by atoms with E-state index in [2.05, 4.69) is 11.9 Å². The zero-order valence-corrected chi connectivity index (χ0v) is 8.02. The highest BCUT2D eigenvalue weighted by Crippen LogP contribution is 2.05. The van der Waals surface area contributed by atoms with Gasteiger partial charge < -0.3 is 10.1 Å². The number of hydrogen-bond acceptors (Lipinski definition) is 2. The lowest BCUT2D eigenvalue weighted by molar-refractivity contribution is -0.131. The second-order valence-corrected chi connectivity index (χ2v) is 2.72. The number of rotatable bonds is 5. The quantitative estimate of drug-likeness (QED) is 0.629. The summed E-state index contributed by atoms with van der Waals surface area (Å²) in [7, 11) is 1.60. The Morgan fingerprint density at radius 3 is 2.58 bits per heavy atom. The summed E-state index contributed by atoms with van der Waals surface area (Å²) in [5.74, 6) is -0.0835. The molecule has 0 heterocycles. The monoisotopic (exact) mass is 171 g/mol. The molecule has 1 N–H and O–H groups in total. The molecule has 0 aliphatic heterocycles. The Morgan fingerprint density at radius 2 is 2.25 bits per heavy atom. The van der Waals surface area contributed by atoms with Gasteiger partial charge in [0.25, 0.3) is 0 Å². The SMILES string of the molecule is C=C(C)CC(OCC)C(=O)NC. The van der Waals surface area contributed by atoms with Crippen LogP contribution in [0.15, 0.2) is 12.2 Å². The molecule has 0 aromatic carbocycles. The van der Waals surface area contributed by atoms with Crippen molar-refractivity contribution in [2.45, 2.75) is 26.4 Å². The Balaban J connectivity index is 4.02. The highest BCUT2D eigenvalue weighted by Gasteiger charge is 2.16. The van der Waals surface area contributed by atoms with E-state index in [0.29, 0.717) is 13.0 Å². The molecule has 0 aromatic heterocycles. The molecule has 12 heavy (non-hydrogen) atoms. The summed E-state index contributed by atoms with van der Waals surface area (Å²) in [6, 6.07) is 0. The third-order valence-electron chi connectivity index (χ3n) is 1.44. The number of amides is 1. The van der Waals surface area contributed by atoms with Crippen LogP contribution < -0.4 is 5.32 Å². The van der Waals surface area contributed by atoms with Crippen molar-refractivity contribution in [3.05, 3.63) is 12.2 Å². The van der Waals surface area contributed by atoms with Gasteiger partial charge in [-0.25, -0.2) is 0 Å². The standard InChI is InChI=1S/C9H17NO2/c1-5-12-8(6-7(2)3)9(11)10-4/h8H,2,5-6H2,1,3-4H3,(H,10,11). The van der Waals surface area contributed by atoms with Crippen molar-refractivity contribution in [2.24, 2.45) is 0 Å². The van der Waals surface area contributed by atoms with Crippen LogP contribution in [-0.2, 0) is 9.53 Å². The Kier molecular flexibility index (Phi) is 5.37. The third-order valence-corrected chi connectivity index (χ3v) is 1.44. The topological polar surface area (TPSA) is 38.3 Å². The fraction of sp³-hybridized carbons (Fsp3) is 0.667. The van der Waals surface area contributed by atoms with Crippen molar-refractivity contribution in [1.29, 1.82) is 0 Å². The molecular formula is C9H17NO2. The van der Waals surface area contributed by atoms with E-state index in [4.69, 9.17) is 4.74 Å². The molecule has 0 fully saturated rings. The number of ether oxygens (including phenoxy) is 1. The number of likely N-dealkylation sites (N-methyl/N-ethyl adjacent to an activating group) is 1. The van der Waals surface area contributed by atoms with Crippen molar-refractivity contribution in [1.82, 2.24) is 5.32 Å². The van der Waals surface area contributed by atoms with Crippen LogP contribution in [0.25, 0.3) is 0 Å². The van der Waals surface area contributed by atoms with Crippen molar-refractivity contribution in [3.63, 3.8) is 0 Å². The molecule has 0 aromatic rings. The first-order chi connectivity index (χ1) is 5.61. The Labute approximate surface area is 73.8 Å². The van der Waals surface area contributed by atoms with Crippen LogP contribution in [0.3, 0.4) is 0 Å². The lowest BCUT2D eigenvalue weighted by atomic mass is 10.1. The Hall–Kier alpha value is -0.830. The van der Waals surface area contributed by atoms with Gasteiger partial charge in [-0.3, -0.25) is 4.79 Å². The van der Waals surface area contributed by atoms with Gasteiger partial charge in [0.1, 0.15) is 6.10 Å². The molecule has 0 aliphatic rings. The predicted octanol–water partition coefficient (Wildman–Crippen LogP) is 1.10. The molecule has 0 radical (unpaired) electrons. The molecule has 0 saturated carbocycles. The molecule has 3 nitrogen and oxygen atoms in total. The first-order valence-electron chi connectivity index (χ1n) is 4.09. The van der Waals surface area contributed by atoms with Crippen molar-refractivity contribution >= 4 is 5.91 Å². The lowest BCUT2D eigenvalue weighted by Gasteiger charge is -2.14. The van der Waals surface area contributed by atoms with Gasteiger partial charge in [-0.1, -0.05) is 5.57 Å². The van der Waals surface area contributed by atoms with E-state index in [1.165, 1.54) is 0 Å². The third kappa shape index (κ3) is 4.13. The number of carbonyl (C=O) groups is 1. The minimum absolute atomic E-state index is 0.0835. The number of hydrogen-bond donors (Lipinski definition) is 1. The normalized spacial score (nSPS) is 12.2. The lowest BCUT2D eigenvalue weighted by Crippen LogP contribution is -2.34. The van der Waals surface area contributed by atoms with Crippen LogP contribution in [0, 0.1) is 0 Å². The maximum atomic E-state index is 11.2. The summed E-state index contributed by atoms with van der Waals surface area (Å²) in [4.78, 5) is 11.2. The van der Waals surface area contributed by atoms with E-state index in [9.17, 15) is 4.79 Å². The van der Waals surface area contributed by atoms with Crippen LogP contribution in [0.1, 0.15) is 20.3 Å². The Morgan fingerprint density at radius 1 is 1.67 bits per heavy atom. The summed E-state index contributed by atoms with van der Waals surface area (Å²) in [6.45, 7) is 8.03. The largest absolute Gasteiger partial charge is 0.368 e. The maximum Gasteiger partial charge on any atom is 0.249 e. The summed E-state index contributed by atoms with van der Waals surface area (Å²) < 4.78 is 5.23. The van der Waals surface area contributed by atoms with Crippen LogP contribution in [-0.4, -0.2) is 25.7 Å². The predicted molar refractivity (Wildman–Crippen MR) is 48.9 cm³/mol. The minimum Gasteiger partial charge on any atom is -0.368 e. The van der Waals surface area contributed by atoms with Gasteiger partial charge in [0, 0.05) is 20.1 Å². The number of carbonyl (C=O) groups excluding carboxylic acids is 1. The molecule has 0 rings (SSSR count). The second-order valence-electron chi connectivity index (χ2n) is 2.72. The van der Waals surface area contributed by atoms with Gasteiger partial charge in [0.05, 0.1) is 0 Å². The minimum atomic E-state index is -0.377. The highest BCUT2D eigenvalue weighted by atomic mass is 16.5. The average molecular weight is 171 g/mol. The van der Waals surface area contributed by atoms with Crippen LogP contribution >= 0.6 is 0 Å². The van der Waals surface area contributed by atoms with Gasteiger partial charge in [0.2, 0.25) is 5.91 Å². The highest BCUT2D eigenvalue weighted by molar-refractivity contribution is 5.80. The second kappa shape index (κ2) is 5.77. The molecular weight excluding hydrogens is 154 g/mol. The maximum absolute atomic E-state index is 11.2. The van der Waals surface area contributed by atoms with Gasteiger partial charge >= 0.3 is 0 Å². The molecule has 0 bridgehead atoms. The summed E-state index contributed by atoms with van der Waals surface area (Å²) in [5, 5.41) is 2.55. The van der Waals surface area contributed by atoms with Crippen molar-refractivity contribution in [3.8, 4) is 0 Å². The molecule has 3 heteroatoms. The van der Waals surface area contributed by atoms with Gasteiger partial charge in [-0.2, -0.15) is 0 Å². The van der Waals surface area contributed by atoms with Gasteiger partial charge in [-0.05, 0) is 13.8 Å². The smallest absolute Gasteiger partial charge is 0.249 e. The van der Waals surface area contributed by atoms with Crippen molar-refractivity contribution in [2.75, 3.05) is 13.7 Å². The van der Waals surface area contributed by atoms with Crippen LogP contribution in [0.2, 0.25) is 0 Å². The molecule has 1 amide bonds. The Bertz CT molecular complexity index is 166. The van der Waals surface area contributed by atoms with E-state index in [-0.39, 0.29) is 12.0 Å². The van der Waals surface area contributed by atoms with Crippen LogP contribution in [0.5, 0.6) is 0 Å². The summed E-state index contributed by atoms with van der Waals surface area (Å²) in [6.07, 6.45) is 0.213. The molecule has 0 spiro atoms. The van der Waals surface area contributed by atoms with E-state index in [0.717, 1.165) is 5.57 Å². The van der Waals surface area contributed by atoms with Gasteiger partial charge in [-0.15, -0.1) is 6.58 Å². The molecule has 0 saturated heterocycles. The van der Waals surface area contributed by atoms with Gasteiger partial charge in [0.15, 0.2) is 0 Å². The fourth-order valence-corrected chi connectivity index (χ4v) is 0.906. The molecule has 1 atom stereocenters. The van der Waals surface area contributed by atoms with E-state index in [1.54, 1.807) is 7.05 Å². The first-order valence-corrected chi connectivity index (χ1v) is 4.09. The average Bonchev–Trinajstić information content (AvgIpc) is 2.01. The van der Waals surface area contributed by atoms with E-state index >= 15 is 0 Å². The van der Waals surface area contributed by atoms with E-state index < -0.39 is 0 Å². The van der Waals surface area contributed by atoms with Crippen molar-refractivity contribution < 1.29 is 9.53 Å². The van der Waals surface area contributed by atoms with Crippen LogP contribution in [0.4, 0.5) is 0 Å². The molecule has 70 valence electrons.